The zero-order chi connectivity index (χ0) is 12.8. The van der Waals surface area contributed by atoms with Crippen LogP contribution in [0.5, 0.6) is 0 Å². The summed E-state index contributed by atoms with van der Waals surface area (Å²) < 4.78 is 1.01. The topological polar surface area (TPSA) is 55.1 Å². The van der Waals surface area contributed by atoms with E-state index < -0.39 is 0 Å². The molecule has 3 nitrogen and oxygen atoms in total. The fourth-order valence-corrected chi connectivity index (χ4v) is 2.63. The maximum Gasteiger partial charge on any atom is 0.230 e. The minimum Gasteiger partial charge on any atom is -0.353 e. The van der Waals surface area contributed by atoms with Crippen molar-refractivity contribution in [3.63, 3.8) is 0 Å². The van der Waals surface area contributed by atoms with E-state index in [2.05, 4.69) is 21.2 Å². The Bertz CT molecular complexity index is 396. The predicted octanol–water partition coefficient (Wildman–Crippen LogP) is 2.52. The minimum atomic E-state index is 0.0518. The minimum absolute atomic E-state index is 0.0518. The number of carbonyl (C=O) groups excluding carboxylic acids is 1. The third-order valence-electron chi connectivity index (χ3n) is 2.05. The summed E-state index contributed by atoms with van der Waals surface area (Å²) >= 11 is 4.92. The van der Waals surface area contributed by atoms with Crippen LogP contribution in [-0.2, 0) is 11.3 Å². The van der Waals surface area contributed by atoms with Crippen LogP contribution in [0.4, 0.5) is 0 Å². The lowest BCUT2D eigenvalue weighted by Gasteiger charge is -2.10. The molecule has 1 amide bonds. The van der Waals surface area contributed by atoms with Gasteiger partial charge in [0.2, 0.25) is 5.91 Å². The SMILES string of the molecule is CC(C)NC(=O)CSc1ccc(Br)cc1CN. The standard InChI is InChI=1S/C12H17BrN2OS/c1-8(2)15-12(16)7-17-11-4-3-10(13)5-9(11)6-14/h3-5,8H,6-7,14H2,1-2H3,(H,15,16). The Kier molecular flexibility index (Phi) is 6.02. The van der Waals surface area contributed by atoms with Crippen molar-refractivity contribution < 1.29 is 4.79 Å². The van der Waals surface area contributed by atoms with Crippen molar-refractivity contribution >= 4 is 33.6 Å². The monoisotopic (exact) mass is 316 g/mol. The molecule has 3 N–H and O–H groups in total. The Morgan fingerprint density at radius 3 is 2.82 bits per heavy atom. The van der Waals surface area contributed by atoms with Crippen LogP contribution < -0.4 is 11.1 Å². The van der Waals surface area contributed by atoms with Gasteiger partial charge in [-0.15, -0.1) is 11.8 Å². The van der Waals surface area contributed by atoms with E-state index in [0.29, 0.717) is 12.3 Å². The molecule has 0 aromatic heterocycles. The summed E-state index contributed by atoms with van der Waals surface area (Å²) in [4.78, 5) is 12.6. The van der Waals surface area contributed by atoms with Crippen LogP contribution in [0.15, 0.2) is 27.6 Å². The van der Waals surface area contributed by atoms with E-state index in [1.54, 1.807) is 0 Å². The van der Waals surface area contributed by atoms with E-state index in [4.69, 9.17) is 5.73 Å². The lowest BCUT2D eigenvalue weighted by Crippen LogP contribution is -2.31. The molecular weight excluding hydrogens is 300 g/mol. The molecule has 0 heterocycles. The van der Waals surface area contributed by atoms with E-state index in [1.807, 2.05) is 32.0 Å². The number of halogens is 1. The summed E-state index contributed by atoms with van der Waals surface area (Å²) in [5.74, 6) is 0.475. The average molecular weight is 317 g/mol. The molecule has 0 aliphatic rings. The van der Waals surface area contributed by atoms with Crippen molar-refractivity contribution in [2.75, 3.05) is 5.75 Å². The molecule has 0 unspecified atom stereocenters. The normalized spacial score (nSPS) is 10.6. The second kappa shape index (κ2) is 7.03. The van der Waals surface area contributed by atoms with Crippen molar-refractivity contribution in [3.05, 3.63) is 28.2 Å². The van der Waals surface area contributed by atoms with Gasteiger partial charge in [0.05, 0.1) is 5.75 Å². The summed E-state index contributed by atoms with van der Waals surface area (Å²) in [6.45, 7) is 4.38. The first-order valence-corrected chi connectivity index (χ1v) is 7.21. The highest BCUT2D eigenvalue weighted by Crippen LogP contribution is 2.25. The molecular formula is C12H17BrN2OS. The Morgan fingerprint density at radius 2 is 2.24 bits per heavy atom. The fourth-order valence-electron chi connectivity index (χ4n) is 1.36. The van der Waals surface area contributed by atoms with Gasteiger partial charge in [0, 0.05) is 22.0 Å². The molecule has 17 heavy (non-hydrogen) atoms. The van der Waals surface area contributed by atoms with E-state index in [1.165, 1.54) is 11.8 Å². The molecule has 0 bridgehead atoms. The van der Waals surface area contributed by atoms with Gasteiger partial charge in [0.15, 0.2) is 0 Å². The highest BCUT2D eigenvalue weighted by atomic mass is 79.9. The maximum atomic E-state index is 11.5. The Balaban J connectivity index is 2.60. The molecule has 0 aliphatic heterocycles. The van der Waals surface area contributed by atoms with E-state index >= 15 is 0 Å². The molecule has 94 valence electrons. The third kappa shape index (κ3) is 5.10. The number of nitrogens with one attached hydrogen (secondary N) is 1. The van der Waals surface area contributed by atoms with Crippen LogP contribution in [-0.4, -0.2) is 17.7 Å². The summed E-state index contributed by atoms with van der Waals surface area (Å²) in [7, 11) is 0. The molecule has 0 saturated heterocycles. The molecule has 0 atom stereocenters. The highest BCUT2D eigenvalue weighted by molar-refractivity contribution is 9.10. The van der Waals surface area contributed by atoms with Gasteiger partial charge in [0.1, 0.15) is 0 Å². The number of thioether (sulfide) groups is 1. The largest absolute Gasteiger partial charge is 0.353 e. The van der Waals surface area contributed by atoms with Crippen molar-refractivity contribution in [3.8, 4) is 0 Å². The van der Waals surface area contributed by atoms with Crippen LogP contribution in [0.3, 0.4) is 0 Å². The smallest absolute Gasteiger partial charge is 0.230 e. The predicted molar refractivity (Wildman–Crippen MR) is 76.0 cm³/mol. The Morgan fingerprint density at radius 1 is 1.53 bits per heavy atom. The lowest BCUT2D eigenvalue weighted by atomic mass is 10.2. The molecule has 1 rings (SSSR count). The van der Waals surface area contributed by atoms with Crippen molar-refractivity contribution in [1.82, 2.24) is 5.32 Å². The lowest BCUT2D eigenvalue weighted by molar-refractivity contribution is -0.119. The quantitative estimate of drug-likeness (QED) is 0.821. The summed E-state index contributed by atoms with van der Waals surface area (Å²) in [5, 5.41) is 2.86. The molecule has 0 fully saturated rings. The first kappa shape index (κ1) is 14.5. The van der Waals surface area contributed by atoms with Gasteiger partial charge < -0.3 is 11.1 Å². The Labute approximate surface area is 115 Å². The van der Waals surface area contributed by atoms with Crippen LogP contribution in [0, 0.1) is 0 Å². The van der Waals surface area contributed by atoms with E-state index in [0.717, 1.165) is 14.9 Å². The summed E-state index contributed by atoms with van der Waals surface area (Å²) in [6.07, 6.45) is 0. The first-order valence-electron chi connectivity index (χ1n) is 5.43. The van der Waals surface area contributed by atoms with Crippen molar-refractivity contribution in [1.29, 1.82) is 0 Å². The van der Waals surface area contributed by atoms with Crippen molar-refractivity contribution in [2.24, 2.45) is 5.73 Å². The van der Waals surface area contributed by atoms with Crippen LogP contribution in [0.25, 0.3) is 0 Å². The first-order chi connectivity index (χ1) is 8.02. The zero-order valence-electron chi connectivity index (χ0n) is 10.00. The van der Waals surface area contributed by atoms with Gasteiger partial charge in [0.25, 0.3) is 0 Å². The zero-order valence-corrected chi connectivity index (χ0v) is 12.4. The van der Waals surface area contributed by atoms with Crippen LogP contribution >= 0.6 is 27.7 Å². The number of hydrogen-bond acceptors (Lipinski definition) is 3. The number of rotatable bonds is 5. The summed E-state index contributed by atoms with van der Waals surface area (Å²) in [5.41, 5.74) is 6.73. The third-order valence-corrected chi connectivity index (χ3v) is 3.66. The molecule has 0 saturated carbocycles. The molecule has 1 aromatic rings. The van der Waals surface area contributed by atoms with Gasteiger partial charge in [-0.3, -0.25) is 4.79 Å². The van der Waals surface area contributed by atoms with Crippen molar-refractivity contribution in [2.45, 2.75) is 31.3 Å². The molecule has 0 spiro atoms. The van der Waals surface area contributed by atoms with Crippen LogP contribution in [0.2, 0.25) is 0 Å². The fraction of sp³-hybridized carbons (Fsp3) is 0.417. The number of benzene rings is 1. The van der Waals surface area contributed by atoms with E-state index in [9.17, 15) is 4.79 Å². The van der Waals surface area contributed by atoms with Gasteiger partial charge >= 0.3 is 0 Å². The van der Waals surface area contributed by atoms with Gasteiger partial charge in [-0.05, 0) is 37.6 Å². The number of amides is 1. The maximum absolute atomic E-state index is 11.5. The number of hydrogen-bond donors (Lipinski definition) is 2. The van der Waals surface area contributed by atoms with Gasteiger partial charge in [-0.2, -0.15) is 0 Å². The molecule has 0 radical (unpaired) electrons. The number of carbonyl (C=O) groups is 1. The van der Waals surface area contributed by atoms with E-state index in [-0.39, 0.29) is 11.9 Å². The average Bonchev–Trinajstić information content (AvgIpc) is 2.26. The highest BCUT2D eigenvalue weighted by Gasteiger charge is 2.07. The van der Waals surface area contributed by atoms with Gasteiger partial charge in [-0.1, -0.05) is 15.9 Å². The van der Waals surface area contributed by atoms with Crippen LogP contribution in [0.1, 0.15) is 19.4 Å². The van der Waals surface area contributed by atoms with Gasteiger partial charge in [-0.25, -0.2) is 0 Å². The number of nitrogens with two attached hydrogens (primary N) is 1. The Hall–Kier alpha value is -0.520. The second-order valence-electron chi connectivity index (χ2n) is 3.97. The molecule has 1 aromatic carbocycles. The molecule has 5 heteroatoms. The summed E-state index contributed by atoms with van der Waals surface area (Å²) in [6, 6.07) is 6.12. The molecule has 0 aliphatic carbocycles. The second-order valence-corrected chi connectivity index (χ2v) is 5.90.